The third-order valence-electron chi connectivity index (χ3n) is 3.08. The SMILES string of the molecule is CCN(CC(O)c1ccc(C)cc1)C(=O)CNC(C)=O. The molecule has 1 rings (SSSR count). The molecule has 0 aliphatic heterocycles. The normalized spacial score (nSPS) is 11.8. The van der Waals surface area contributed by atoms with Crippen molar-refractivity contribution < 1.29 is 14.7 Å². The molecule has 0 radical (unpaired) electrons. The van der Waals surface area contributed by atoms with Crippen LogP contribution in [0, 0.1) is 6.92 Å². The van der Waals surface area contributed by atoms with Gasteiger partial charge in [0.25, 0.3) is 0 Å². The smallest absolute Gasteiger partial charge is 0.242 e. The van der Waals surface area contributed by atoms with Gasteiger partial charge in [-0.3, -0.25) is 9.59 Å². The van der Waals surface area contributed by atoms with E-state index in [4.69, 9.17) is 0 Å². The Labute approximate surface area is 119 Å². The Bertz CT molecular complexity index is 457. The van der Waals surface area contributed by atoms with E-state index in [-0.39, 0.29) is 24.9 Å². The van der Waals surface area contributed by atoms with Gasteiger partial charge in [-0.15, -0.1) is 0 Å². The summed E-state index contributed by atoms with van der Waals surface area (Å²) in [6, 6.07) is 7.56. The van der Waals surface area contributed by atoms with Crippen molar-refractivity contribution in [3.05, 3.63) is 35.4 Å². The van der Waals surface area contributed by atoms with E-state index < -0.39 is 6.10 Å². The molecule has 0 aromatic heterocycles. The number of hydrogen-bond acceptors (Lipinski definition) is 3. The van der Waals surface area contributed by atoms with Crippen LogP contribution in [0.5, 0.6) is 0 Å². The Morgan fingerprint density at radius 3 is 2.40 bits per heavy atom. The molecule has 0 saturated carbocycles. The summed E-state index contributed by atoms with van der Waals surface area (Å²) in [6.45, 7) is 5.85. The van der Waals surface area contributed by atoms with Crippen LogP contribution in [0.25, 0.3) is 0 Å². The topological polar surface area (TPSA) is 69.6 Å². The van der Waals surface area contributed by atoms with Gasteiger partial charge in [0.05, 0.1) is 19.2 Å². The zero-order valence-corrected chi connectivity index (χ0v) is 12.2. The lowest BCUT2D eigenvalue weighted by molar-refractivity contribution is -0.133. The molecule has 110 valence electrons. The molecule has 0 fully saturated rings. The third kappa shape index (κ3) is 5.01. The Kier molecular flexibility index (Phi) is 6.18. The van der Waals surface area contributed by atoms with Crippen LogP contribution in [0.15, 0.2) is 24.3 Å². The average molecular weight is 278 g/mol. The first-order valence-electron chi connectivity index (χ1n) is 6.71. The Morgan fingerprint density at radius 2 is 1.90 bits per heavy atom. The van der Waals surface area contributed by atoms with Crippen molar-refractivity contribution in [2.45, 2.75) is 26.9 Å². The fourth-order valence-corrected chi connectivity index (χ4v) is 1.82. The number of likely N-dealkylation sites (N-methyl/N-ethyl adjacent to an activating group) is 1. The summed E-state index contributed by atoms with van der Waals surface area (Å²) in [6.07, 6.45) is -0.725. The fraction of sp³-hybridized carbons (Fsp3) is 0.467. The van der Waals surface area contributed by atoms with Crippen LogP contribution in [0.2, 0.25) is 0 Å². The minimum absolute atomic E-state index is 0.0379. The molecular weight excluding hydrogens is 256 g/mol. The number of aliphatic hydroxyl groups is 1. The molecule has 1 atom stereocenters. The number of carbonyl (C=O) groups excluding carboxylic acids is 2. The predicted molar refractivity (Wildman–Crippen MR) is 77.1 cm³/mol. The Hall–Kier alpha value is -1.88. The molecule has 2 amide bonds. The number of carbonyl (C=O) groups is 2. The minimum Gasteiger partial charge on any atom is -0.387 e. The summed E-state index contributed by atoms with van der Waals surface area (Å²) in [4.78, 5) is 24.2. The summed E-state index contributed by atoms with van der Waals surface area (Å²) in [7, 11) is 0. The quantitative estimate of drug-likeness (QED) is 0.816. The lowest BCUT2D eigenvalue weighted by Crippen LogP contribution is -2.41. The van der Waals surface area contributed by atoms with E-state index >= 15 is 0 Å². The van der Waals surface area contributed by atoms with Gasteiger partial charge in [-0.05, 0) is 19.4 Å². The van der Waals surface area contributed by atoms with Crippen molar-refractivity contribution in [1.82, 2.24) is 10.2 Å². The lowest BCUT2D eigenvalue weighted by Gasteiger charge is -2.24. The molecule has 0 spiro atoms. The zero-order chi connectivity index (χ0) is 15.1. The Balaban J connectivity index is 2.60. The minimum atomic E-state index is -0.725. The maximum absolute atomic E-state index is 11.9. The molecule has 2 N–H and O–H groups in total. The van der Waals surface area contributed by atoms with Crippen LogP contribution < -0.4 is 5.32 Å². The molecule has 1 unspecified atom stereocenters. The molecule has 0 aliphatic rings. The highest BCUT2D eigenvalue weighted by Gasteiger charge is 2.17. The summed E-state index contributed by atoms with van der Waals surface area (Å²) in [5.74, 6) is -0.442. The second-order valence-corrected chi connectivity index (χ2v) is 4.77. The van der Waals surface area contributed by atoms with Crippen molar-refractivity contribution >= 4 is 11.8 Å². The van der Waals surface area contributed by atoms with Crippen LogP contribution in [-0.2, 0) is 9.59 Å². The molecule has 1 aromatic rings. The van der Waals surface area contributed by atoms with Crippen LogP contribution >= 0.6 is 0 Å². The molecule has 1 aromatic carbocycles. The summed E-state index contributed by atoms with van der Waals surface area (Å²) < 4.78 is 0. The summed E-state index contributed by atoms with van der Waals surface area (Å²) in [5.41, 5.74) is 1.90. The van der Waals surface area contributed by atoms with Gasteiger partial charge in [0.1, 0.15) is 0 Å². The van der Waals surface area contributed by atoms with Gasteiger partial charge in [-0.2, -0.15) is 0 Å². The first-order valence-corrected chi connectivity index (χ1v) is 6.71. The van der Waals surface area contributed by atoms with E-state index in [0.29, 0.717) is 6.54 Å². The van der Waals surface area contributed by atoms with Crippen molar-refractivity contribution in [2.75, 3.05) is 19.6 Å². The van der Waals surface area contributed by atoms with Gasteiger partial charge in [-0.25, -0.2) is 0 Å². The van der Waals surface area contributed by atoms with Gasteiger partial charge in [0.2, 0.25) is 11.8 Å². The highest BCUT2D eigenvalue weighted by molar-refractivity contribution is 5.83. The number of amides is 2. The van der Waals surface area contributed by atoms with E-state index in [1.165, 1.54) is 11.8 Å². The number of aryl methyl sites for hydroxylation is 1. The van der Waals surface area contributed by atoms with E-state index in [1.54, 1.807) is 0 Å². The van der Waals surface area contributed by atoms with Crippen LogP contribution in [0.3, 0.4) is 0 Å². The first-order chi connectivity index (χ1) is 9.43. The lowest BCUT2D eigenvalue weighted by atomic mass is 10.1. The maximum Gasteiger partial charge on any atom is 0.242 e. The van der Waals surface area contributed by atoms with Crippen LogP contribution in [0.4, 0.5) is 0 Å². The average Bonchev–Trinajstić information content (AvgIpc) is 2.42. The molecular formula is C15H22N2O3. The fourth-order valence-electron chi connectivity index (χ4n) is 1.82. The molecule has 0 heterocycles. The molecule has 0 saturated heterocycles. The first kappa shape index (κ1) is 16.2. The predicted octanol–water partition coefficient (Wildman–Crippen LogP) is 1.01. The van der Waals surface area contributed by atoms with E-state index in [1.807, 2.05) is 38.1 Å². The Morgan fingerprint density at radius 1 is 1.30 bits per heavy atom. The van der Waals surface area contributed by atoms with Gasteiger partial charge in [-0.1, -0.05) is 29.8 Å². The molecule has 0 aliphatic carbocycles. The maximum atomic E-state index is 11.9. The second kappa shape index (κ2) is 7.65. The number of nitrogens with zero attached hydrogens (tertiary/aromatic N) is 1. The molecule has 5 heteroatoms. The van der Waals surface area contributed by atoms with Crippen LogP contribution in [-0.4, -0.2) is 41.5 Å². The van der Waals surface area contributed by atoms with Crippen molar-refractivity contribution in [3.63, 3.8) is 0 Å². The summed E-state index contributed by atoms with van der Waals surface area (Å²) >= 11 is 0. The third-order valence-corrected chi connectivity index (χ3v) is 3.08. The van der Waals surface area contributed by atoms with Crippen LogP contribution in [0.1, 0.15) is 31.1 Å². The van der Waals surface area contributed by atoms with Gasteiger partial charge in [0, 0.05) is 13.5 Å². The van der Waals surface area contributed by atoms with Gasteiger partial charge in [0.15, 0.2) is 0 Å². The monoisotopic (exact) mass is 278 g/mol. The molecule has 0 bridgehead atoms. The number of nitrogens with one attached hydrogen (secondary N) is 1. The largest absolute Gasteiger partial charge is 0.387 e. The van der Waals surface area contributed by atoms with Crippen molar-refractivity contribution in [3.8, 4) is 0 Å². The van der Waals surface area contributed by atoms with Gasteiger partial charge < -0.3 is 15.3 Å². The molecule has 5 nitrogen and oxygen atoms in total. The van der Waals surface area contributed by atoms with Crippen molar-refractivity contribution in [1.29, 1.82) is 0 Å². The number of hydrogen-bond donors (Lipinski definition) is 2. The number of rotatable bonds is 6. The van der Waals surface area contributed by atoms with Crippen molar-refractivity contribution in [2.24, 2.45) is 0 Å². The standard InChI is InChI=1S/C15H22N2O3/c1-4-17(15(20)9-16-12(3)18)10-14(19)13-7-5-11(2)6-8-13/h5-8,14,19H,4,9-10H2,1-3H3,(H,16,18). The van der Waals surface area contributed by atoms with E-state index in [0.717, 1.165) is 11.1 Å². The van der Waals surface area contributed by atoms with E-state index in [9.17, 15) is 14.7 Å². The zero-order valence-electron chi connectivity index (χ0n) is 12.2. The highest BCUT2D eigenvalue weighted by atomic mass is 16.3. The number of benzene rings is 1. The highest BCUT2D eigenvalue weighted by Crippen LogP contribution is 2.15. The van der Waals surface area contributed by atoms with Gasteiger partial charge >= 0.3 is 0 Å². The second-order valence-electron chi connectivity index (χ2n) is 4.77. The number of aliphatic hydroxyl groups excluding tert-OH is 1. The molecule has 20 heavy (non-hydrogen) atoms. The summed E-state index contributed by atoms with van der Waals surface area (Å²) in [5, 5.41) is 12.6. The van der Waals surface area contributed by atoms with E-state index in [2.05, 4.69) is 5.32 Å².